The van der Waals surface area contributed by atoms with Gasteiger partial charge in [-0.2, -0.15) is 4.80 Å². The summed E-state index contributed by atoms with van der Waals surface area (Å²) in [5, 5.41) is 14.9. The van der Waals surface area contributed by atoms with Crippen LogP contribution in [0.2, 0.25) is 0 Å². The van der Waals surface area contributed by atoms with E-state index in [0.29, 0.717) is 25.2 Å². The van der Waals surface area contributed by atoms with Crippen LogP contribution in [0.25, 0.3) is 0 Å². The van der Waals surface area contributed by atoms with Crippen LogP contribution in [0.1, 0.15) is 30.7 Å². The highest BCUT2D eigenvalue weighted by Crippen LogP contribution is 2.43. The number of aromatic nitrogens is 4. The molecule has 0 saturated heterocycles. The van der Waals surface area contributed by atoms with Crippen molar-refractivity contribution in [3.63, 3.8) is 0 Å². The molecule has 2 aromatic rings. The lowest BCUT2D eigenvalue weighted by Gasteiger charge is -2.43. The van der Waals surface area contributed by atoms with Gasteiger partial charge in [0.1, 0.15) is 11.6 Å². The Balaban J connectivity index is 1.84. The summed E-state index contributed by atoms with van der Waals surface area (Å²) in [4.78, 5) is 1.36. The standard InChI is InChI=1S/C13H15F2N5/c1-20-18-11(17-19-20)8-16-13(6-3-7-13)12-9(14)4-2-5-10(12)15/h2,4-5,16H,3,6-8H2,1H3. The minimum Gasteiger partial charge on any atom is -0.300 e. The number of hydrogen-bond acceptors (Lipinski definition) is 4. The number of hydrogen-bond donors (Lipinski definition) is 1. The molecule has 0 unspecified atom stereocenters. The number of tetrazole rings is 1. The van der Waals surface area contributed by atoms with Crippen molar-refractivity contribution in [1.29, 1.82) is 0 Å². The lowest BCUT2D eigenvalue weighted by Crippen LogP contribution is -2.49. The first kappa shape index (κ1) is 13.1. The van der Waals surface area contributed by atoms with Crippen molar-refractivity contribution >= 4 is 0 Å². The van der Waals surface area contributed by atoms with E-state index in [2.05, 4.69) is 20.7 Å². The molecule has 1 aliphatic carbocycles. The Bertz CT molecular complexity index is 601. The zero-order valence-electron chi connectivity index (χ0n) is 11.1. The summed E-state index contributed by atoms with van der Waals surface area (Å²) in [5.74, 6) is -0.510. The van der Waals surface area contributed by atoms with Gasteiger partial charge in [0.2, 0.25) is 0 Å². The number of benzene rings is 1. The van der Waals surface area contributed by atoms with Gasteiger partial charge in [0, 0.05) is 11.1 Å². The maximum Gasteiger partial charge on any atom is 0.188 e. The summed E-state index contributed by atoms with van der Waals surface area (Å²) in [6, 6.07) is 3.96. The van der Waals surface area contributed by atoms with E-state index in [-0.39, 0.29) is 5.56 Å². The summed E-state index contributed by atoms with van der Waals surface area (Å²) < 4.78 is 27.9. The van der Waals surface area contributed by atoms with Crippen LogP contribution in [-0.4, -0.2) is 20.2 Å². The van der Waals surface area contributed by atoms with Gasteiger partial charge in [-0.15, -0.1) is 10.2 Å². The third-order valence-electron chi connectivity index (χ3n) is 3.78. The fourth-order valence-electron chi connectivity index (χ4n) is 2.64. The van der Waals surface area contributed by atoms with E-state index in [0.717, 1.165) is 6.42 Å². The molecule has 0 radical (unpaired) electrons. The molecular formula is C13H15F2N5. The van der Waals surface area contributed by atoms with Crippen LogP contribution < -0.4 is 5.32 Å². The Hall–Kier alpha value is -1.89. The highest BCUT2D eigenvalue weighted by atomic mass is 19.1. The third kappa shape index (κ3) is 2.18. The average molecular weight is 279 g/mol. The second-order valence-corrected chi connectivity index (χ2v) is 5.08. The second kappa shape index (κ2) is 4.90. The predicted octanol–water partition coefficient (Wildman–Crippen LogP) is 1.66. The van der Waals surface area contributed by atoms with Crippen molar-refractivity contribution in [2.75, 3.05) is 0 Å². The number of rotatable bonds is 4. The minimum absolute atomic E-state index is 0.121. The normalized spacial score (nSPS) is 16.9. The lowest BCUT2D eigenvalue weighted by molar-refractivity contribution is 0.169. The van der Waals surface area contributed by atoms with Crippen LogP contribution in [0.4, 0.5) is 8.78 Å². The molecule has 1 heterocycles. The van der Waals surface area contributed by atoms with Gasteiger partial charge in [-0.3, -0.25) is 5.32 Å². The molecule has 0 atom stereocenters. The Morgan fingerprint density at radius 1 is 1.30 bits per heavy atom. The van der Waals surface area contributed by atoms with Crippen molar-refractivity contribution in [3.05, 3.63) is 41.2 Å². The Morgan fingerprint density at radius 2 is 2.00 bits per heavy atom. The molecule has 3 rings (SSSR count). The van der Waals surface area contributed by atoms with Gasteiger partial charge in [0.15, 0.2) is 5.82 Å². The van der Waals surface area contributed by atoms with Crippen LogP contribution in [0.3, 0.4) is 0 Å². The van der Waals surface area contributed by atoms with Crippen molar-refractivity contribution in [2.45, 2.75) is 31.3 Å². The minimum atomic E-state index is -0.658. The van der Waals surface area contributed by atoms with Crippen LogP contribution in [0.15, 0.2) is 18.2 Å². The van der Waals surface area contributed by atoms with Gasteiger partial charge in [-0.05, 0) is 36.6 Å². The molecule has 5 nitrogen and oxygen atoms in total. The number of nitrogens with one attached hydrogen (secondary N) is 1. The van der Waals surface area contributed by atoms with Crippen LogP contribution in [0.5, 0.6) is 0 Å². The summed E-state index contributed by atoms with van der Waals surface area (Å²) in [6.45, 7) is 0.335. The highest BCUT2D eigenvalue weighted by molar-refractivity contribution is 5.30. The Kier molecular flexibility index (Phi) is 3.21. The van der Waals surface area contributed by atoms with E-state index >= 15 is 0 Å². The number of aryl methyl sites for hydroxylation is 1. The second-order valence-electron chi connectivity index (χ2n) is 5.08. The van der Waals surface area contributed by atoms with E-state index in [1.807, 2.05) is 0 Å². The predicted molar refractivity (Wildman–Crippen MR) is 67.5 cm³/mol. The van der Waals surface area contributed by atoms with E-state index in [1.54, 1.807) is 7.05 Å². The monoisotopic (exact) mass is 279 g/mol. The zero-order valence-corrected chi connectivity index (χ0v) is 11.1. The molecule has 1 aromatic carbocycles. The topological polar surface area (TPSA) is 55.6 Å². The third-order valence-corrected chi connectivity index (χ3v) is 3.78. The molecule has 0 spiro atoms. The average Bonchev–Trinajstić information content (AvgIpc) is 2.77. The van der Waals surface area contributed by atoms with Gasteiger partial charge < -0.3 is 0 Å². The summed E-state index contributed by atoms with van der Waals surface area (Å²) in [7, 11) is 1.67. The molecule has 106 valence electrons. The maximum atomic E-state index is 14.0. The lowest BCUT2D eigenvalue weighted by atomic mass is 9.71. The van der Waals surface area contributed by atoms with E-state index < -0.39 is 17.2 Å². The van der Waals surface area contributed by atoms with Crippen LogP contribution in [-0.2, 0) is 19.1 Å². The number of halogens is 2. The van der Waals surface area contributed by atoms with E-state index in [9.17, 15) is 8.78 Å². The van der Waals surface area contributed by atoms with Gasteiger partial charge >= 0.3 is 0 Å². The first-order valence-corrected chi connectivity index (χ1v) is 6.53. The van der Waals surface area contributed by atoms with Gasteiger partial charge in [0.05, 0.1) is 13.6 Å². The van der Waals surface area contributed by atoms with Gasteiger partial charge in [-0.1, -0.05) is 6.07 Å². The molecule has 1 N–H and O–H groups in total. The molecule has 1 aliphatic rings. The molecule has 7 heteroatoms. The molecule has 0 bridgehead atoms. The fraction of sp³-hybridized carbons (Fsp3) is 0.462. The van der Waals surface area contributed by atoms with Crippen molar-refractivity contribution in [1.82, 2.24) is 25.5 Å². The molecule has 1 saturated carbocycles. The number of nitrogens with zero attached hydrogens (tertiary/aromatic N) is 4. The molecule has 0 aliphatic heterocycles. The zero-order chi connectivity index (χ0) is 14.2. The Morgan fingerprint density at radius 3 is 2.50 bits per heavy atom. The van der Waals surface area contributed by atoms with Crippen molar-refractivity contribution in [2.24, 2.45) is 7.05 Å². The van der Waals surface area contributed by atoms with Crippen molar-refractivity contribution in [3.8, 4) is 0 Å². The van der Waals surface area contributed by atoms with Gasteiger partial charge in [-0.25, -0.2) is 8.78 Å². The molecule has 1 aromatic heterocycles. The van der Waals surface area contributed by atoms with Crippen molar-refractivity contribution < 1.29 is 8.78 Å². The molecule has 1 fully saturated rings. The fourth-order valence-corrected chi connectivity index (χ4v) is 2.64. The molecule has 20 heavy (non-hydrogen) atoms. The van der Waals surface area contributed by atoms with E-state index in [4.69, 9.17) is 0 Å². The molecular weight excluding hydrogens is 264 g/mol. The van der Waals surface area contributed by atoms with Crippen LogP contribution in [0, 0.1) is 11.6 Å². The summed E-state index contributed by atoms with van der Waals surface area (Å²) in [6.07, 6.45) is 2.34. The summed E-state index contributed by atoms with van der Waals surface area (Å²) in [5.41, 5.74) is -0.538. The smallest absolute Gasteiger partial charge is 0.188 e. The van der Waals surface area contributed by atoms with Crippen LogP contribution >= 0.6 is 0 Å². The Labute approximate surface area is 115 Å². The maximum absolute atomic E-state index is 14.0. The largest absolute Gasteiger partial charge is 0.300 e. The summed E-state index contributed by atoms with van der Waals surface area (Å²) >= 11 is 0. The van der Waals surface area contributed by atoms with E-state index in [1.165, 1.54) is 23.0 Å². The highest BCUT2D eigenvalue weighted by Gasteiger charge is 2.42. The first-order chi connectivity index (χ1) is 9.61. The first-order valence-electron chi connectivity index (χ1n) is 6.53. The SMILES string of the molecule is Cn1nnc(CNC2(c3c(F)cccc3F)CCC2)n1. The molecule has 0 amide bonds. The quantitative estimate of drug-likeness (QED) is 0.924. The van der Waals surface area contributed by atoms with Gasteiger partial charge in [0.25, 0.3) is 0 Å².